The lowest BCUT2D eigenvalue weighted by Gasteiger charge is -2.30. The summed E-state index contributed by atoms with van der Waals surface area (Å²) in [5.74, 6) is 0. The summed E-state index contributed by atoms with van der Waals surface area (Å²) >= 11 is 1.32. The Morgan fingerprint density at radius 1 is 1.17 bits per heavy atom. The van der Waals surface area contributed by atoms with Gasteiger partial charge in [0.1, 0.15) is 4.21 Å². The molecule has 3 rings (SSSR count). The molecule has 0 unspecified atom stereocenters. The lowest BCUT2D eigenvalue weighted by atomic mass is 10.2. The summed E-state index contributed by atoms with van der Waals surface area (Å²) in [6.45, 7) is 4.86. The smallest absolute Gasteiger partial charge is 0.271 e. The average Bonchev–Trinajstić information content (AvgIpc) is 3.06. The highest BCUT2D eigenvalue weighted by molar-refractivity contribution is 7.94. The summed E-state index contributed by atoms with van der Waals surface area (Å²) in [6, 6.07) is 11.0. The Labute approximate surface area is 140 Å². The number of ether oxygens (including phenoxy) is 1. The zero-order valence-electron chi connectivity index (χ0n) is 13.0. The minimum Gasteiger partial charge on any atom is -0.378 e. The van der Waals surface area contributed by atoms with Crippen molar-refractivity contribution < 1.29 is 13.2 Å². The number of hydrogen-bond donors (Lipinski definition) is 1. The number of morpholine rings is 1. The maximum absolute atomic E-state index is 12.6. The molecule has 0 radical (unpaired) electrons. The van der Waals surface area contributed by atoms with Gasteiger partial charge in [0.2, 0.25) is 0 Å². The van der Waals surface area contributed by atoms with Crippen LogP contribution in [0.4, 0.5) is 11.4 Å². The van der Waals surface area contributed by atoms with Crippen LogP contribution in [0.5, 0.6) is 0 Å². The number of thiophene rings is 1. The van der Waals surface area contributed by atoms with Crippen LogP contribution >= 0.6 is 11.3 Å². The van der Waals surface area contributed by atoms with E-state index in [9.17, 15) is 8.42 Å². The molecule has 0 aliphatic carbocycles. The van der Waals surface area contributed by atoms with Gasteiger partial charge in [-0.25, -0.2) is 8.42 Å². The van der Waals surface area contributed by atoms with Crippen LogP contribution < -0.4 is 9.62 Å². The summed E-state index contributed by atoms with van der Waals surface area (Å²) in [6.07, 6.45) is 0.838. The van der Waals surface area contributed by atoms with Crippen LogP contribution in [0.2, 0.25) is 0 Å². The Hall–Kier alpha value is -1.57. The fourth-order valence-corrected chi connectivity index (χ4v) is 4.90. The number of para-hydroxylation sites is 2. The highest BCUT2D eigenvalue weighted by Crippen LogP contribution is 2.30. The number of aryl methyl sites for hydroxylation is 1. The van der Waals surface area contributed by atoms with E-state index in [-0.39, 0.29) is 0 Å². The van der Waals surface area contributed by atoms with Crippen molar-refractivity contribution in [3.63, 3.8) is 0 Å². The van der Waals surface area contributed by atoms with Crippen molar-refractivity contribution in [2.75, 3.05) is 35.9 Å². The fraction of sp³-hybridized carbons (Fsp3) is 0.375. The molecule has 0 amide bonds. The number of anilines is 2. The summed E-state index contributed by atoms with van der Waals surface area (Å²) in [5.41, 5.74) is 1.51. The molecule has 1 fully saturated rings. The molecule has 1 N–H and O–H groups in total. The zero-order valence-corrected chi connectivity index (χ0v) is 14.6. The molecule has 23 heavy (non-hydrogen) atoms. The Balaban J connectivity index is 1.87. The van der Waals surface area contributed by atoms with Crippen molar-refractivity contribution in [3.05, 3.63) is 41.3 Å². The molecule has 1 aromatic carbocycles. The van der Waals surface area contributed by atoms with Crippen LogP contribution in [0.1, 0.15) is 11.8 Å². The molecule has 0 bridgehead atoms. The lowest BCUT2D eigenvalue weighted by molar-refractivity contribution is 0.123. The van der Waals surface area contributed by atoms with Gasteiger partial charge in [-0.2, -0.15) is 0 Å². The minimum absolute atomic E-state index is 0.353. The minimum atomic E-state index is -3.55. The molecular formula is C16H20N2O3S2. The van der Waals surface area contributed by atoms with Gasteiger partial charge in [-0.3, -0.25) is 4.72 Å². The first kappa shape index (κ1) is 16.3. The molecule has 1 aliphatic heterocycles. The third-order valence-corrected chi connectivity index (χ3v) is 6.84. The number of nitrogens with one attached hydrogen (secondary N) is 1. The molecule has 7 heteroatoms. The van der Waals surface area contributed by atoms with Crippen molar-refractivity contribution >= 4 is 32.7 Å². The number of sulfonamides is 1. The van der Waals surface area contributed by atoms with Gasteiger partial charge in [-0.1, -0.05) is 19.1 Å². The largest absolute Gasteiger partial charge is 0.378 e. The molecule has 124 valence electrons. The number of benzene rings is 1. The van der Waals surface area contributed by atoms with Gasteiger partial charge in [-0.15, -0.1) is 11.3 Å². The van der Waals surface area contributed by atoms with E-state index < -0.39 is 10.0 Å². The summed E-state index contributed by atoms with van der Waals surface area (Å²) in [5, 5.41) is 0. The van der Waals surface area contributed by atoms with E-state index in [1.807, 2.05) is 31.2 Å². The quantitative estimate of drug-likeness (QED) is 0.899. The number of rotatable bonds is 5. The first-order valence-electron chi connectivity index (χ1n) is 7.63. The van der Waals surface area contributed by atoms with Crippen LogP contribution in [-0.4, -0.2) is 34.7 Å². The molecule has 1 saturated heterocycles. The maximum Gasteiger partial charge on any atom is 0.271 e. The van der Waals surface area contributed by atoms with Gasteiger partial charge in [0, 0.05) is 18.0 Å². The van der Waals surface area contributed by atoms with E-state index in [4.69, 9.17) is 4.74 Å². The van der Waals surface area contributed by atoms with Gasteiger partial charge in [0.15, 0.2) is 0 Å². The highest BCUT2D eigenvalue weighted by Gasteiger charge is 2.20. The fourth-order valence-electron chi connectivity index (χ4n) is 2.53. The highest BCUT2D eigenvalue weighted by atomic mass is 32.2. The van der Waals surface area contributed by atoms with E-state index in [0.717, 1.165) is 30.1 Å². The topological polar surface area (TPSA) is 58.6 Å². The second-order valence-corrected chi connectivity index (χ2v) is 8.37. The lowest BCUT2D eigenvalue weighted by Crippen LogP contribution is -2.36. The summed E-state index contributed by atoms with van der Waals surface area (Å²) in [7, 11) is -3.55. The SMILES string of the molecule is CCc1ccc(S(=O)(=O)Nc2ccccc2N2CCOCC2)s1. The zero-order chi connectivity index (χ0) is 16.3. The van der Waals surface area contributed by atoms with Crippen molar-refractivity contribution in [2.45, 2.75) is 17.6 Å². The maximum atomic E-state index is 12.6. The third kappa shape index (κ3) is 3.68. The van der Waals surface area contributed by atoms with Gasteiger partial charge in [-0.05, 0) is 30.7 Å². The number of hydrogen-bond acceptors (Lipinski definition) is 5. The molecular weight excluding hydrogens is 332 g/mol. The standard InChI is InChI=1S/C16H20N2O3S2/c1-2-13-7-8-16(22-13)23(19,20)17-14-5-3-4-6-15(14)18-9-11-21-12-10-18/h3-8,17H,2,9-12H2,1H3. The third-order valence-electron chi connectivity index (χ3n) is 3.75. The first-order chi connectivity index (χ1) is 11.1. The molecule has 1 aliphatic rings. The molecule has 0 spiro atoms. The Morgan fingerprint density at radius 3 is 2.61 bits per heavy atom. The molecule has 0 saturated carbocycles. The molecule has 2 aromatic rings. The molecule has 0 atom stereocenters. The summed E-state index contributed by atoms with van der Waals surface area (Å²) in [4.78, 5) is 3.21. The van der Waals surface area contributed by atoms with Crippen molar-refractivity contribution in [3.8, 4) is 0 Å². The van der Waals surface area contributed by atoms with Gasteiger partial charge in [0.25, 0.3) is 10.0 Å². The Morgan fingerprint density at radius 2 is 1.91 bits per heavy atom. The van der Waals surface area contributed by atoms with Gasteiger partial charge < -0.3 is 9.64 Å². The normalized spacial score (nSPS) is 15.6. The predicted octanol–water partition coefficient (Wildman–Crippen LogP) is 2.95. The first-order valence-corrected chi connectivity index (χ1v) is 9.93. The average molecular weight is 352 g/mol. The van der Waals surface area contributed by atoms with Crippen molar-refractivity contribution in [1.29, 1.82) is 0 Å². The monoisotopic (exact) mass is 352 g/mol. The van der Waals surface area contributed by atoms with E-state index in [2.05, 4.69) is 9.62 Å². The van der Waals surface area contributed by atoms with Crippen LogP contribution in [0.25, 0.3) is 0 Å². The van der Waals surface area contributed by atoms with Crippen LogP contribution in [-0.2, 0) is 21.2 Å². The van der Waals surface area contributed by atoms with E-state index in [0.29, 0.717) is 23.1 Å². The Bertz CT molecular complexity index is 765. The molecule has 5 nitrogen and oxygen atoms in total. The second-order valence-electron chi connectivity index (χ2n) is 5.30. The number of nitrogens with zero attached hydrogens (tertiary/aromatic N) is 1. The van der Waals surface area contributed by atoms with Gasteiger partial charge >= 0.3 is 0 Å². The molecule has 2 heterocycles. The van der Waals surface area contributed by atoms with Crippen LogP contribution in [0.15, 0.2) is 40.6 Å². The van der Waals surface area contributed by atoms with E-state index in [1.54, 1.807) is 12.1 Å². The van der Waals surface area contributed by atoms with Crippen molar-refractivity contribution in [2.24, 2.45) is 0 Å². The van der Waals surface area contributed by atoms with E-state index >= 15 is 0 Å². The van der Waals surface area contributed by atoms with E-state index in [1.165, 1.54) is 11.3 Å². The second kappa shape index (κ2) is 6.90. The van der Waals surface area contributed by atoms with Crippen LogP contribution in [0.3, 0.4) is 0 Å². The van der Waals surface area contributed by atoms with Gasteiger partial charge in [0.05, 0.1) is 24.6 Å². The van der Waals surface area contributed by atoms with Crippen molar-refractivity contribution in [1.82, 2.24) is 0 Å². The predicted molar refractivity (Wildman–Crippen MR) is 94.0 cm³/mol. The summed E-state index contributed by atoms with van der Waals surface area (Å²) < 4.78 is 33.7. The Kier molecular flexibility index (Phi) is 4.89. The van der Waals surface area contributed by atoms with Crippen LogP contribution in [0, 0.1) is 0 Å². The molecule has 1 aromatic heterocycles.